The number of rotatable bonds is 8. The van der Waals surface area contributed by atoms with Crippen molar-refractivity contribution in [2.24, 2.45) is 5.73 Å². The fourth-order valence-corrected chi connectivity index (χ4v) is 2.08. The minimum atomic E-state index is -0.229. The third-order valence-corrected chi connectivity index (χ3v) is 3.27. The molecule has 0 fully saturated rings. The van der Waals surface area contributed by atoms with E-state index in [0.29, 0.717) is 31.9 Å². The number of ether oxygens (including phenoxy) is 2. The lowest BCUT2D eigenvalue weighted by Crippen LogP contribution is -2.32. The highest BCUT2D eigenvalue weighted by Crippen LogP contribution is 2.28. The first-order valence-electron chi connectivity index (χ1n) is 6.79. The fourth-order valence-electron chi connectivity index (χ4n) is 2.08. The minimum Gasteiger partial charge on any atom is -0.383 e. The number of nitrogens with zero attached hydrogens (tertiary/aromatic N) is 1. The third-order valence-electron chi connectivity index (χ3n) is 3.27. The van der Waals surface area contributed by atoms with Gasteiger partial charge in [0.15, 0.2) is 0 Å². The zero-order valence-electron chi connectivity index (χ0n) is 12.8. The maximum atomic E-state index is 13.8. The SMILES string of the molecule is COCCN(CCOC)c1cc(C)c(F)cc1[C@H](C)N. The van der Waals surface area contributed by atoms with Crippen LogP contribution in [0.2, 0.25) is 0 Å². The van der Waals surface area contributed by atoms with Crippen LogP contribution in [0.5, 0.6) is 0 Å². The Hall–Kier alpha value is -1.17. The Kier molecular flexibility index (Phi) is 6.91. The van der Waals surface area contributed by atoms with E-state index in [1.165, 1.54) is 6.07 Å². The van der Waals surface area contributed by atoms with Gasteiger partial charge >= 0.3 is 0 Å². The summed E-state index contributed by atoms with van der Waals surface area (Å²) >= 11 is 0. The van der Waals surface area contributed by atoms with Gasteiger partial charge in [0.2, 0.25) is 0 Å². The van der Waals surface area contributed by atoms with Crippen molar-refractivity contribution in [3.05, 3.63) is 29.1 Å². The molecule has 0 spiro atoms. The molecule has 0 saturated carbocycles. The Morgan fingerprint density at radius 2 is 1.75 bits per heavy atom. The van der Waals surface area contributed by atoms with Crippen molar-refractivity contribution in [1.29, 1.82) is 0 Å². The number of aryl methyl sites for hydroxylation is 1. The molecule has 0 saturated heterocycles. The monoisotopic (exact) mass is 284 g/mol. The zero-order chi connectivity index (χ0) is 15.1. The molecule has 0 radical (unpaired) electrons. The molecule has 5 heteroatoms. The molecular weight excluding hydrogens is 259 g/mol. The van der Waals surface area contributed by atoms with Crippen LogP contribution >= 0.6 is 0 Å². The average molecular weight is 284 g/mol. The van der Waals surface area contributed by atoms with Crippen LogP contribution in [0.1, 0.15) is 24.1 Å². The molecule has 0 amide bonds. The number of anilines is 1. The van der Waals surface area contributed by atoms with Gasteiger partial charge < -0.3 is 20.1 Å². The molecule has 1 aromatic carbocycles. The minimum absolute atomic E-state index is 0.223. The summed E-state index contributed by atoms with van der Waals surface area (Å²) in [5, 5.41) is 0. The van der Waals surface area contributed by atoms with Gasteiger partial charge in [-0.1, -0.05) is 0 Å². The maximum absolute atomic E-state index is 13.8. The first kappa shape index (κ1) is 16.9. The van der Waals surface area contributed by atoms with Crippen molar-refractivity contribution in [2.75, 3.05) is 45.4 Å². The van der Waals surface area contributed by atoms with E-state index in [9.17, 15) is 4.39 Å². The second-order valence-corrected chi connectivity index (χ2v) is 4.92. The van der Waals surface area contributed by atoms with E-state index < -0.39 is 0 Å². The van der Waals surface area contributed by atoms with E-state index in [0.717, 1.165) is 11.3 Å². The van der Waals surface area contributed by atoms with E-state index in [1.54, 1.807) is 21.1 Å². The van der Waals surface area contributed by atoms with E-state index in [1.807, 2.05) is 13.0 Å². The standard InChI is InChI=1S/C15H25FN2O2/c1-11-9-15(13(12(2)17)10-14(11)16)18(5-7-19-3)6-8-20-4/h9-10,12H,5-8,17H2,1-4H3/t12-/m0/s1. The quantitative estimate of drug-likeness (QED) is 0.795. The summed E-state index contributed by atoms with van der Waals surface area (Å²) in [5.74, 6) is -0.223. The molecule has 1 aromatic rings. The Morgan fingerprint density at radius 1 is 1.20 bits per heavy atom. The molecule has 0 aromatic heterocycles. The van der Waals surface area contributed by atoms with Crippen molar-refractivity contribution in [3.8, 4) is 0 Å². The highest BCUT2D eigenvalue weighted by molar-refractivity contribution is 5.57. The number of nitrogens with two attached hydrogens (primary N) is 1. The molecule has 1 rings (SSSR count). The average Bonchev–Trinajstić information content (AvgIpc) is 2.41. The van der Waals surface area contributed by atoms with Gasteiger partial charge in [0.05, 0.1) is 13.2 Å². The molecule has 0 aliphatic carbocycles. The Morgan fingerprint density at radius 3 is 2.20 bits per heavy atom. The topological polar surface area (TPSA) is 47.7 Å². The van der Waals surface area contributed by atoms with Gasteiger partial charge in [-0.3, -0.25) is 0 Å². The van der Waals surface area contributed by atoms with Crippen LogP contribution in [-0.4, -0.2) is 40.5 Å². The smallest absolute Gasteiger partial charge is 0.126 e. The molecule has 0 unspecified atom stereocenters. The van der Waals surface area contributed by atoms with Crippen LogP contribution in [0.25, 0.3) is 0 Å². The van der Waals surface area contributed by atoms with Crippen LogP contribution in [0.3, 0.4) is 0 Å². The van der Waals surface area contributed by atoms with Crippen molar-refractivity contribution in [1.82, 2.24) is 0 Å². The summed E-state index contributed by atoms with van der Waals surface area (Å²) in [6.07, 6.45) is 0. The second-order valence-electron chi connectivity index (χ2n) is 4.92. The Bertz CT molecular complexity index is 417. The Balaban J connectivity index is 3.11. The highest BCUT2D eigenvalue weighted by atomic mass is 19.1. The molecule has 1 atom stereocenters. The van der Waals surface area contributed by atoms with Gasteiger partial charge in [-0.15, -0.1) is 0 Å². The summed E-state index contributed by atoms with van der Waals surface area (Å²) in [6, 6.07) is 3.15. The molecule has 2 N–H and O–H groups in total. The number of halogens is 1. The van der Waals surface area contributed by atoms with Crippen molar-refractivity contribution < 1.29 is 13.9 Å². The van der Waals surface area contributed by atoms with Crippen LogP contribution in [0, 0.1) is 12.7 Å². The molecule has 0 aliphatic heterocycles. The van der Waals surface area contributed by atoms with E-state index in [4.69, 9.17) is 15.2 Å². The van der Waals surface area contributed by atoms with Crippen LogP contribution in [-0.2, 0) is 9.47 Å². The largest absolute Gasteiger partial charge is 0.383 e. The van der Waals surface area contributed by atoms with Gasteiger partial charge in [-0.05, 0) is 37.1 Å². The third kappa shape index (κ3) is 4.44. The second kappa shape index (κ2) is 8.19. The van der Waals surface area contributed by atoms with Crippen molar-refractivity contribution in [2.45, 2.75) is 19.9 Å². The van der Waals surface area contributed by atoms with E-state index >= 15 is 0 Å². The molecule has 0 heterocycles. The summed E-state index contributed by atoms with van der Waals surface area (Å²) in [4.78, 5) is 2.12. The number of hydrogen-bond acceptors (Lipinski definition) is 4. The predicted octanol–water partition coefficient (Wildman–Crippen LogP) is 2.25. The molecule has 0 bridgehead atoms. The van der Waals surface area contributed by atoms with Gasteiger partial charge in [-0.2, -0.15) is 0 Å². The van der Waals surface area contributed by atoms with Crippen molar-refractivity contribution >= 4 is 5.69 Å². The van der Waals surface area contributed by atoms with Crippen LogP contribution < -0.4 is 10.6 Å². The first-order valence-corrected chi connectivity index (χ1v) is 6.79. The summed E-state index contributed by atoms with van der Waals surface area (Å²) in [5.41, 5.74) is 8.35. The maximum Gasteiger partial charge on any atom is 0.126 e. The summed E-state index contributed by atoms with van der Waals surface area (Å²) in [7, 11) is 3.33. The number of methoxy groups -OCH3 is 2. The lowest BCUT2D eigenvalue weighted by molar-refractivity contribution is 0.190. The predicted molar refractivity (Wildman–Crippen MR) is 79.7 cm³/mol. The van der Waals surface area contributed by atoms with Gasteiger partial charge in [0, 0.05) is 39.0 Å². The lowest BCUT2D eigenvalue weighted by Gasteiger charge is -2.28. The number of benzene rings is 1. The first-order chi connectivity index (χ1) is 9.51. The molecule has 4 nitrogen and oxygen atoms in total. The highest BCUT2D eigenvalue weighted by Gasteiger charge is 2.16. The molecule has 114 valence electrons. The lowest BCUT2D eigenvalue weighted by atomic mass is 10.0. The Labute approximate surface area is 120 Å². The number of hydrogen-bond donors (Lipinski definition) is 1. The normalized spacial score (nSPS) is 12.5. The zero-order valence-corrected chi connectivity index (χ0v) is 12.8. The molecule has 20 heavy (non-hydrogen) atoms. The van der Waals surface area contributed by atoms with Crippen LogP contribution in [0.4, 0.5) is 10.1 Å². The molecular formula is C15H25FN2O2. The van der Waals surface area contributed by atoms with Crippen LogP contribution in [0.15, 0.2) is 12.1 Å². The van der Waals surface area contributed by atoms with Crippen molar-refractivity contribution in [3.63, 3.8) is 0 Å². The fraction of sp³-hybridized carbons (Fsp3) is 0.600. The van der Waals surface area contributed by atoms with Gasteiger partial charge in [0.25, 0.3) is 0 Å². The summed E-state index contributed by atoms with van der Waals surface area (Å²) < 4.78 is 24.0. The van der Waals surface area contributed by atoms with Gasteiger partial charge in [0.1, 0.15) is 5.82 Å². The van der Waals surface area contributed by atoms with E-state index in [2.05, 4.69) is 4.90 Å². The van der Waals surface area contributed by atoms with E-state index in [-0.39, 0.29) is 11.9 Å². The van der Waals surface area contributed by atoms with Gasteiger partial charge in [-0.25, -0.2) is 4.39 Å². The summed E-state index contributed by atoms with van der Waals surface area (Å²) in [6.45, 7) is 6.24. The molecule has 0 aliphatic rings.